The van der Waals surface area contributed by atoms with Crippen LogP contribution in [0.2, 0.25) is 0 Å². The van der Waals surface area contributed by atoms with E-state index < -0.39 is 28.0 Å². The van der Waals surface area contributed by atoms with Crippen molar-refractivity contribution in [2.24, 2.45) is 0 Å². The molecule has 0 heterocycles. The van der Waals surface area contributed by atoms with Crippen molar-refractivity contribution in [3.63, 3.8) is 0 Å². The SMILES string of the molecule is O=C([O-])c1ccc([S@](=O)[C@@H](C(=O)[O-])c2ccccc2)cc1. The minimum atomic E-state index is -1.90. The van der Waals surface area contributed by atoms with Crippen LogP contribution in [0.1, 0.15) is 21.2 Å². The molecule has 2 aromatic carbocycles. The van der Waals surface area contributed by atoms with Crippen LogP contribution in [0.4, 0.5) is 0 Å². The molecule has 2 atom stereocenters. The number of benzene rings is 2. The average molecular weight is 302 g/mol. The van der Waals surface area contributed by atoms with Crippen molar-refractivity contribution < 1.29 is 24.0 Å². The number of carbonyl (C=O) groups is 2. The van der Waals surface area contributed by atoms with E-state index in [4.69, 9.17) is 0 Å². The van der Waals surface area contributed by atoms with Crippen molar-refractivity contribution in [2.45, 2.75) is 10.1 Å². The number of carboxylic acid groups (broad SMARTS) is 2. The van der Waals surface area contributed by atoms with Crippen LogP contribution in [0.25, 0.3) is 0 Å². The summed E-state index contributed by atoms with van der Waals surface area (Å²) in [6.07, 6.45) is 0. The highest BCUT2D eigenvalue weighted by Gasteiger charge is 2.21. The standard InChI is InChI=1S/C15H12O5S/c16-14(17)11-6-8-12(9-7-11)21(20)13(15(18)19)10-4-2-1-3-5-10/h1-9,13H,(H,16,17)(H,18,19)/p-2/t13-,21+/m1/s1. The van der Waals surface area contributed by atoms with Crippen LogP contribution in [-0.4, -0.2) is 16.1 Å². The first-order valence-corrected chi connectivity index (χ1v) is 7.20. The van der Waals surface area contributed by atoms with Gasteiger partial charge in [0.05, 0.1) is 22.7 Å². The Morgan fingerprint density at radius 2 is 1.48 bits per heavy atom. The fraction of sp³-hybridized carbons (Fsp3) is 0.0667. The summed E-state index contributed by atoms with van der Waals surface area (Å²) < 4.78 is 12.4. The van der Waals surface area contributed by atoms with E-state index in [-0.39, 0.29) is 10.5 Å². The van der Waals surface area contributed by atoms with E-state index in [1.807, 2.05) is 0 Å². The van der Waals surface area contributed by atoms with E-state index in [9.17, 15) is 24.0 Å². The van der Waals surface area contributed by atoms with Gasteiger partial charge in [-0.1, -0.05) is 42.5 Å². The smallest absolute Gasteiger partial charge is 0.104 e. The van der Waals surface area contributed by atoms with Gasteiger partial charge in [-0.25, -0.2) is 0 Å². The van der Waals surface area contributed by atoms with Gasteiger partial charge in [-0.15, -0.1) is 0 Å². The number of aromatic carboxylic acids is 1. The lowest BCUT2D eigenvalue weighted by molar-refractivity contribution is -0.305. The molecule has 2 aromatic rings. The molecule has 0 bridgehead atoms. The molecule has 6 heteroatoms. The number of rotatable bonds is 5. The van der Waals surface area contributed by atoms with Crippen molar-refractivity contribution in [1.82, 2.24) is 0 Å². The summed E-state index contributed by atoms with van der Waals surface area (Å²) in [5.41, 5.74) is 0.292. The molecule has 0 unspecified atom stereocenters. The summed E-state index contributed by atoms with van der Waals surface area (Å²) >= 11 is 0. The van der Waals surface area contributed by atoms with Crippen LogP contribution < -0.4 is 10.2 Å². The predicted molar refractivity (Wildman–Crippen MR) is 71.4 cm³/mol. The summed E-state index contributed by atoms with van der Waals surface area (Å²) in [7, 11) is -1.90. The van der Waals surface area contributed by atoms with Gasteiger partial charge in [0.25, 0.3) is 0 Å². The fourth-order valence-electron chi connectivity index (χ4n) is 1.84. The van der Waals surface area contributed by atoms with Crippen LogP contribution in [0.5, 0.6) is 0 Å². The Balaban J connectivity index is 2.35. The second kappa shape index (κ2) is 6.32. The number of aliphatic carboxylic acids is 1. The molecule has 0 spiro atoms. The maximum atomic E-state index is 12.4. The van der Waals surface area contributed by atoms with Gasteiger partial charge in [-0.3, -0.25) is 4.21 Å². The second-order valence-electron chi connectivity index (χ2n) is 4.22. The Morgan fingerprint density at radius 1 is 0.905 bits per heavy atom. The Hall–Kier alpha value is -2.47. The van der Waals surface area contributed by atoms with Gasteiger partial charge >= 0.3 is 0 Å². The number of carbonyl (C=O) groups excluding carboxylic acids is 2. The molecule has 0 aromatic heterocycles. The van der Waals surface area contributed by atoms with Gasteiger partial charge in [-0.2, -0.15) is 0 Å². The third-order valence-electron chi connectivity index (χ3n) is 2.85. The van der Waals surface area contributed by atoms with Crippen molar-refractivity contribution in [3.05, 3.63) is 65.7 Å². The van der Waals surface area contributed by atoms with Crippen LogP contribution in [-0.2, 0) is 15.6 Å². The predicted octanol–water partition coefficient (Wildman–Crippen LogP) is -0.351. The van der Waals surface area contributed by atoms with Gasteiger partial charge in [0, 0.05) is 4.90 Å². The van der Waals surface area contributed by atoms with Crippen molar-refractivity contribution in [1.29, 1.82) is 0 Å². The van der Waals surface area contributed by atoms with E-state index in [1.54, 1.807) is 30.3 Å². The van der Waals surface area contributed by atoms with Crippen LogP contribution in [0, 0.1) is 0 Å². The lowest BCUT2D eigenvalue weighted by Crippen LogP contribution is -2.32. The third-order valence-corrected chi connectivity index (χ3v) is 4.48. The van der Waals surface area contributed by atoms with Crippen molar-refractivity contribution in [2.75, 3.05) is 0 Å². The average Bonchev–Trinajstić information content (AvgIpc) is 2.48. The third kappa shape index (κ3) is 3.35. The molecule has 2 rings (SSSR count). The maximum absolute atomic E-state index is 12.4. The molecule has 108 valence electrons. The van der Waals surface area contributed by atoms with Gasteiger partial charge < -0.3 is 19.8 Å². The van der Waals surface area contributed by atoms with E-state index >= 15 is 0 Å². The number of carboxylic acids is 2. The van der Waals surface area contributed by atoms with Gasteiger partial charge in [0.2, 0.25) is 0 Å². The Morgan fingerprint density at radius 3 is 1.95 bits per heavy atom. The summed E-state index contributed by atoms with van der Waals surface area (Å²) in [5.74, 6) is -2.81. The normalized spacial score (nSPS) is 13.3. The van der Waals surface area contributed by atoms with Crippen molar-refractivity contribution >= 4 is 22.7 Å². The highest BCUT2D eigenvalue weighted by atomic mass is 32.2. The molecular weight excluding hydrogens is 292 g/mol. The Kier molecular flexibility index (Phi) is 4.49. The van der Waals surface area contributed by atoms with Crippen LogP contribution in [0.15, 0.2) is 59.5 Å². The topological polar surface area (TPSA) is 97.3 Å². The minimum Gasteiger partial charge on any atom is -0.548 e. The number of hydrogen-bond donors (Lipinski definition) is 0. The Labute approximate surface area is 123 Å². The molecule has 5 nitrogen and oxygen atoms in total. The first-order chi connectivity index (χ1) is 10.0. The first-order valence-electron chi connectivity index (χ1n) is 5.98. The zero-order valence-corrected chi connectivity index (χ0v) is 11.5. The molecule has 21 heavy (non-hydrogen) atoms. The highest BCUT2D eigenvalue weighted by molar-refractivity contribution is 7.86. The van der Waals surface area contributed by atoms with Gasteiger partial charge in [0.1, 0.15) is 5.25 Å². The molecule has 0 aliphatic carbocycles. The molecule has 0 amide bonds. The van der Waals surface area contributed by atoms with Crippen LogP contribution >= 0.6 is 0 Å². The fourth-order valence-corrected chi connectivity index (χ4v) is 3.09. The highest BCUT2D eigenvalue weighted by Crippen LogP contribution is 2.25. The molecular formula is C15H10O5S-2. The van der Waals surface area contributed by atoms with E-state index in [0.29, 0.717) is 5.56 Å². The van der Waals surface area contributed by atoms with E-state index in [2.05, 4.69) is 0 Å². The lowest BCUT2D eigenvalue weighted by Gasteiger charge is -2.18. The molecule has 0 aliphatic heterocycles. The lowest BCUT2D eigenvalue weighted by atomic mass is 10.1. The van der Waals surface area contributed by atoms with Gasteiger partial charge in [-0.05, 0) is 23.3 Å². The van der Waals surface area contributed by atoms with E-state index in [0.717, 1.165) is 0 Å². The maximum Gasteiger partial charge on any atom is 0.104 e. The number of hydrogen-bond acceptors (Lipinski definition) is 5. The summed E-state index contributed by atoms with van der Waals surface area (Å²) in [4.78, 5) is 22.1. The molecule has 0 saturated carbocycles. The summed E-state index contributed by atoms with van der Waals surface area (Å²) in [6, 6.07) is 13.2. The summed E-state index contributed by atoms with van der Waals surface area (Å²) in [5, 5.41) is 20.6. The van der Waals surface area contributed by atoms with Gasteiger partial charge in [0.15, 0.2) is 0 Å². The monoisotopic (exact) mass is 302 g/mol. The quantitative estimate of drug-likeness (QED) is 0.752. The van der Waals surface area contributed by atoms with Crippen LogP contribution in [0.3, 0.4) is 0 Å². The summed E-state index contributed by atoms with van der Waals surface area (Å²) in [6.45, 7) is 0. The molecule has 0 saturated heterocycles. The largest absolute Gasteiger partial charge is 0.548 e. The zero-order valence-electron chi connectivity index (χ0n) is 10.7. The Bertz CT molecular complexity index is 679. The first kappa shape index (κ1) is 14.9. The molecule has 0 fully saturated rings. The molecule has 0 aliphatic rings. The zero-order chi connectivity index (χ0) is 15.4. The van der Waals surface area contributed by atoms with E-state index in [1.165, 1.54) is 24.3 Å². The minimum absolute atomic E-state index is 0.0690. The second-order valence-corrected chi connectivity index (χ2v) is 5.76. The van der Waals surface area contributed by atoms with Crippen molar-refractivity contribution in [3.8, 4) is 0 Å². The molecule has 0 radical (unpaired) electrons. The molecule has 0 N–H and O–H groups in total.